The van der Waals surface area contributed by atoms with E-state index in [1.807, 2.05) is 0 Å². The molecule has 2 aromatic rings. The third-order valence-electron chi connectivity index (χ3n) is 2.42. The lowest BCUT2D eigenvalue weighted by Crippen LogP contribution is -2.14. The predicted octanol–water partition coefficient (Wildman–Crippen LogP) is 2.82. The number of nitrogens with zero attached hydrogens (tertiary/aromatic N) is 1. The molecule has 0 saturated heterocycles. The Morgan fingerprint density at radius 2 is 2.00 bits per heavy atom. The number of hydrogen-bond donors (Lipinski definition) is 2. The molecule has 0 fully saturated rings. The van der Waals surface area contributed by atoms with Crippen LogP contribution in [0, 0.1) is 5.82 Å². The number of rotatable bonds is 3. The average Bonchev–Trinajstić information content (AvgIpc) is 2.43. The maximum Gasteiger partial charge on any atom is 0.337 e. The number of nitrogens with one attached hydrogen (secondary N) is 1. The second-order valence-electron chi connectivity index (χ2n) is 3.82. The number of aromatic nitrogens is 1. The largest absolute Gasteiger partial charge is 0.478 e. The lowest BCUT2D eigenvalue weighted by Gasteiger charge is -2.05. The van der Waals surface area contributed by atoms with Crippen LogP contribution in [0.3, 0.4) is 0 Å². The van der Waals surface area contributed by atoms with Gasteiger partial charge in [-0.05, 0) is 30.3 Å². The molecule has 0 unspecified atom stereocenters. The molecule has 20 heavy (non-hydrogen) atoms. The topological polar surface area (TPSA) is 79.3 Å². The second-order valence-corrected chi connectivity index (χ2v) is 4.23. The maximum absolute atomic E-state index is 13.0. The summed E-state index contributed by atoms with van der Waals surface area (Å²) in [5.41, 5.74) is 0.326. The Hall–Kier alpha value is -2.47. The number of carboxylic acid groups (broad SMARTS) is 1. The summed E-state index contributed by atoms with van der Waals surface area (Å²) in [5, 5.41) is 11.1. The van der Waals surface area contributed by atoms with Crippen LogP contribution in [-0.2, 0) is 0 Å². The van der Waals surface area contributed by atoms with E-state index >= 15 is 0 Å². The molecule has 102 valence electrons. The first kappa shape index (κ1) is 14.0. The molecular formula is C13H8ClFN2O3. The molecule has 1 aromatic heterocycles. The van der Waals surface area contributed by atoms with E-state index in [4.69, 9.17) is 16.7 Å². The molecule has 5 nitrogen and oxygen atoms in total. The number of halogens is 2. The summed E-state index contributed by atoms with van der Waals surface area (Å²) in [5.74, 6) is -2.27. The van der Waals surface area contributed by atoms with E-state index in [0.717, 1.165) is 12.3 Å². The minimum Gasteiger partial charge on any atom is -0.478 e. The predicted molar refractivity (Wildman–Crippen MR) is 70.6 cm³/mol. The van der Waals surface area contributed by atoms with Crippen molar-refractivity contribution in [2.24, 2.45) is 0 Å². The molecule has 0 saturated carbocycles. The van der Waals surface area contributed by atoms with E-state index in [9.17, 15) is 14.0 Å². The second kappa shape index (κ2) is 5.66. The van der Waals surface area contributed by atoms with Gasteiger partial charge in [0.15, 0.2) is 0 Å². The van der Waals surface area contributed by atoms with Gasteiger partial charge in [-0.2, -0.15) is 0 Å². The maximum atomic E-state index is 13.0. The highest BCUT2D eigenvalue weighted by molar-refractivity contribution is 6.31. The highest BCUT2D eigenvalue weighted by atomic mass is 35.5. The molecule has 0 radical (unpaired) electrons. The Morgan fingerprint density at radius 3 is 2.55 bits per heavy atom. The number of carboxylic acids is 1. The Bertz CT molecular complexity index is 674. The van der Waals surface area contributed by atoms with Gasteiger partial charge in [-0.3, -0.25) is 9.78 Å². The molecule has 1 heterocycles. The van der Waals surface area contributed by atoms with Crippen LogP contribution in [0.25, 0.3) is 0 Å². The highest BCUT2D eigenvalue weighted by Gasteiger charge is 2.10. The third kappa shape index (κ3) is 3.10. The Balaban J connectivity index is 2.15. The Labute approximate surface area is 118 Å². The van der Waals surface area contributed by atoms with Crippen LogP contribution in [0.1, 0.15) is 20.8 Å². The smallest absolute Gasteiger partial charge is 0.337 e. The van der Waals surface area contributed by atoms with Crippen molar-refractivity contribution in [3.05, 3.63) is 58.6 Å². The number of carbonyl (C=O) groups excluding carboxylic acids is 1. The number of benzene rings is 1. The molecule has 2 rings (SSSR count). The van der Waals surface area contributed by atoms with Crippen molar-refractivity contribution in [2.75, 3.05) is 5.32 Å². The fraction of sp³-hybridized carbons (Fsp3) is 0. The average molecular weight is 295 g/mol. The SMILES string of the molecule is O=C(O)c1ccc(C(=O)Nc2ccc(F)c(Cl)c2)nc1. The van der Waals surface area contributed by atoms with Gasteiger partial charge in [0.1, 0.15) is 11.5 Å². The zero-order valence-electron chi connectivity index (χ0n) is 9.93. The van der Waals surface area contributed by atoms with Gasteiger partial charge in [-0.15, -0.1) is 0 Å². The number of hydrogen-bond acceptors (Lipinski definition) is 3. The van der Waals surface area contributed by atoms with E-state index in [2.05, 4.69) is 10.3 Å². The van der Waals surface area contributed by atoms with E-state index in [1.165, 1.54) is 24.3 Å². The van der Waals surface area contributed by atoms with Gasteiger partial charge in [-0.1, -0.05) is 11.6 Å². The lowest BCUT2D eigenvalue weighted by atomic mass is 10.2. The summed E-state index contributed by atoms with van der Waals surface area (Å²) < 4.78 is 13.0. The first-order valence-corrected chi connectivity index (χ1v) is 5.81. The minimum absolute atomic E-state index is 0.0219. The van der Waals surface area contributed by atoms with Crippen LogP contribution in [0.5, 0.6) is 0 Å². The number of anilines is 1. The van der Waals surface area contributed by atoms with Gasteiger partial charge in [0.2, 0.25) is 0 Å². The van der Waals surface area contributed by atoms with Gasteiger partial charge in [-0.25, -0.2) is 9.18 Å². The Kier molecular flexibility index (Phi) is 3.95. The summed E-state index contributed by atoms with van der Waals surface area (Å²) in [7, 11) is 0. The van der Waals surface area contributed by atoms with Gasteiger partial charge >= 0.3 is 5.97 Å². The molecule has 0 spiro atoms. The van der Waals surface area contributed by atoms with Crippen molar-refractivity contribution in [2.45, 2.75) is 0 Å². The van der Waals surface area contributed by atoms with Crippen molar-refractivity contribution in [1.29, 1.82) is 0 Å². The normalized spacial score (nSPS) is 10.1. The van der Waals surface area contributed by atoms with Crippen molar-refractivity contribution in [3.8, 4) is 0 Å². The first-order valence-electron chi connectivity index (χ1n) is 5.43. The summed E-state index contributed by atoms with van der Waals surface area (Å²) >= 11 is 5.59. The number of carbonyl (C=O) groups is 2. The van der Waals surface area contributed by atoms with Crippen molar-refractivity contribution < 1.29 is 19.1 Å². The zero-order chi connectivity index (χ0) is 14.7. The Morgan fingerprint density at radius 1 is 1.25 bits per heavy atom. The first-order chi connectivity index (χ1) is 9.47. The third-order valence-corrected chi connectivity index (χ3v) is 2.71. The molecule has 0 aliphatic carbocycles. The van der Waals surface area contributed by atoms with Crippen LogP contribution >= 0.6 is 11.6 Å². The van der Waals surface area contributed by atoms with Crippen LogP contribution in [-0.4, -0.2) is 22.0 Å². The summed E-state index contributed by atoms with van der Waals surface area (Å²) in [6.45, 7) is 0. The van der Waals surface area contributed by atoms with Gasteiger partial charge < -0.3 is 10.4 Å². The van der Waals surface area contributed by atoms with Crippen molar-refractivity contribution >= 4 is 29.2 Å². The van der Waals surface area contributed by atoms with Crippen LogP contribution in [0.4, 0.5) is 10.1 Å². The van der Waals surface area contributed by atoms with E-state index in [1.54, 1.807) is 0 Å². The molecule has 0 atom stereocenters. The number of aromatic carboxylic acids is 1. The standard InChI is InChI=1S/C13H8ClFN2O3/c14-9-5-8(2-3-10(9)15)17-12(18)11-4-1-7(6-16-11)13(19)20/h1-6H,(H,17,18)(H,19,20). The van der Waals surface area contributed by atoms with Crippen LogP contribution in [0.15, 0.2) is 36.5 Å². The lowest BCUT2D eigenvalue weighted by molar-refractivity contribution is 0.0696. The van der Waals surface area contributed by atoms with Gasteiger partial charge in [0.25, 0.3) is 5.91 Å². The fourth-order valence-electron chi connectivity index (χ4n) is 1.42. The van der Waals surface area contributed by atoms with E-state index in [0.29, 0.717) is 5.69 Å². The number of pyridine rings is 1. The summed E-state index contributed by atoms with van der Waals surface area (Å²) in [4.78, 5) is 26.2. The molecule has 0 bridgehead atoms. The monoisotopic (exact) mass is 294 g/mol. The number of amides is 1. The molecule has 0 aliphatic heterocycles. The van der Waals surface area contributed by atoms with Crippen molar-refractivity contribution in [3.63, 3.8) is 0 Å². The van der Waals surface area contributed by atoms with Crippen LogP contribution < -0.4 is 5.32 Å². The van der Waals surface area contributed by atoms with E-state index < -0.39 is 17.7 Å². The zero-order valence-corrected chi connectivity index (χ0v) is 10.7. The van der Waals surface area contributed by atoms with Gasteiger partial charge in [0.05, 0.1) is 10.6 Å². The summed E-state index contributed by atoms with van der Waals surface area (Å²) in [6, 6.07) is 6.29. The molecular weight excluding hydrogens is 287 g/mol. The van der Waals surface area contributed by atoms with E-state index in [-0.39, 0.29) is 16.3 Å². The summed E-state index contributed by atoms with van der Waals surface area (Å²) in [6.07, 6.45) is 1.08. The fourth-order valence-corrected chi connectivity index (χ4v) is 1.60. The van der Waals surface area contributed by atoms with Crippen LogP contribution in [0.2, 0.25) is 5.02 Å². The highest BCUT2D eigenvalue weighted by Crippen LogP contribution is 2.19. The molecule has 1 amide bonds. The minimum atomic E-state index is -1.13. The molecule has 2 N–H and O–H groups in total. The molecule has 1 aromatic carbocycles. The quantitative estimate of drug-likeness (QED) is 0.912. The van der Waals surface area contributed by atoms with Crippen molar-refractivity contribution in [1.82, 2.24) is 4.98 Å². The molecule has 0 aliphatic rings. The molecule has 7 heteroatoms. The van der Waals surface area contributed by atoms with Gasteiger partial charge in [0, 0.05) is 11.9 Å².